The number of amides is 3. The second kappa shape index (κ2) is 8.02. The number of fused-ring (bicyclic) bond motifs is 1. The monoisotopic (exact) mass is 395 g/mol. The lowest BCUT2D eigenvalue weighted by atomic mass is 10.1. The third kappa shape index (κ3) is 3.72. The van der Waals surface area contributed by atoms with Crippen molar-refractivity contribution in [3.05, 3.63) is 59.7 Å². The van der Waals surface area contributed by atoms with E-state index in [2.05, 4.69) is 5.32 Å². The van der Waals surface area contributed by atoms with Crippen molar-refractivity contribution >= 4 is 29.1 Å². The van der Waals surface area contributed by atoms with E-state index < -0.39 is 17.9 Å². The van der Waals surface area contributed by atoms with Gasteiger partial charge >= 0.3 is 0 Å². The van der Waals surface area contributed by atoms with E-state index in [9.17, 15) is 19.5 Å². The average molecular weight is 395 g/mol. The number of rotatable bonds is 6. The quantitative estimate of drug-likeness (QED) is 0.711. The molecule has 2 aromatic rings. The van der Waals surface area contributed by atoms with E-state index in [1.54, 1.807) is 29.2 Å². The van der Waals surface area contributed by atoms with Gasteiger partial charge in [-0.15, -0.1) is 0 Å². The number of benzene rings is 2. The van der Waals surface area contributed by atoms with Gasteiger partial charge in [-0.3, -0.25) is 19.3 Å². The van der Waals surface area contributed by atoms with Gasteiger partial charge in [-0.2, -0.15) is 0 Å². The number of aliphatic hydroxyl groups excluding tert-OH is 1. The largest absolute Gasteiger partial charge is 0.389 e. The lowest BCUT2D eigenvalue weighted by Gasteiger charge is -2.29. The normalized spacial score (nSPS) is 17.5. The Morgan fingerprint density at radius 1 is 1.00 bits per heavy atom. The van der Waals surface area contributed by atoms with Crippen molar-refractivity contribution in [2.75, 3.05) is 43.1 Å². The van der Waals surface area contributed by atoms with Gasteiger partial charge in [-0.25, -0.2) is 0 Å². The fourth-order valence-electron chi connectivity index (χ4n) is 3.54. The third-order valence-corrected chi connectivity index (χ3v) is 4.98. The van der Waals surface area contributed by atoms with Gasteiger partial charge in [0.1, 0.15) is 6.61 Å². The lowest BCUT2D eigenvalue weighted by Crippen LogP contribution is -2.42. The summed E-state index contributed by atoms with van der Waals surface area (Å²) < 4.78 is 5.17. The molecule has 0 aromatic heterocycles. The molecule has 150 valence electrons. The molecule has 0 unspecified atom stereocenters. The highest BCUT2D eigenvalue weighted by Crippen LogP contribution is 2.27. The zero-order valence-corrected chi connectivity index (χ0v) is 15.7. The SMILES string of the molecule is O=C1c2ccccc2C(=O)N1C[C@H](O)CNc1ccccc1N1CCOCC1=O. The maximum Gasteiger partial charge on any atom is 0.261 e. The smallest absolute Gasteiger partial charge is 0.261 e. The van der Waals surface area contributed by atoms with E-state index in [1.807, 2.05) is 24.3 Å². The van der Waals surface area contributed by atoms with Crippen LogP contribution in [0.15, 0.2) is 48.5 Å². The molecule has 0 saturated carbocycles. The minimum atomic E-state index is -0.967. The summed E-state index contributed by atoms with van der Waals surface area (Å²) in [5.41, 5.74) is 2.10. The van der Waals surface area contributed by atoms with Gasteiger partial charge in [-0.05, 0) is 24.3 Å². The van der Waals surface area contributed by atoms with Gasteiger partial charge in [0.05, 0.1) is 41.8 Å². The summed E-state index contributed by atoms with van der Waals surface area (Å²) in [7, 11) is 0. The standard InChI is InChI=1S/C21H21N3O5/c25-14(12-24-20(27)15-5-1-2-6-16(15)21(24)28)11-22-17-7-3-4-8-18(17)23-9-10-29-13-19(23)26/h1-8,14,22,25H,9-13H2/t14-/m1/s1. The summed E-state index contributed by atoms with van der Waals surface area (Å²) in [6.07, 6.45) is -0.967. The van der Waals surface area contributed by atoms with Crippen molar-refractivity contribution < 1.29 is 24.2 Å². The molecule has 4 rings (SSSR count). The number of hydrogen-bond donors (Lipinski definition) is 2. The molecule has 2 N–H and O–H groups in total. The van der Waals surface area contributed by atoms with Crippen LogP contribution in [0.25, 0.3) is 0 Å². The Hall–Kier alpha value is -3.23. The van der Waals surface area contributed by atoms with Crippen molar-refractivity contribution in [1.82, 2.24) is 4.90 Å². The predicted octanol–water partition coefficient (Wildman–Crippen LogP) is 1.12. The van der Waals surface area contributed by atoms with Crippen molar-refractivity contribution in [2.24, 2.45) is 0 Å². The lowest BCUT2D eigenvalue weighted by molar-refractivity contribution is -0.125. The van der Waals surface area contributed by atoms with E-state index in [0.717, 1.165) is 4.90 Å². The molecule has 0 aliphatic carbocycles. The second-order valence-electron chi connectivity index (χ2n) is 6.92. The van der Waals surface area contributed by atoms with Crippen LogP contribution >= 0.6 is 0 Å². The summed E-state index contributed by atoms with van der Waals surface area (Å²) in [6.45, 7) is 0.954. The molecule has 0 spiro atoms. The Bertz CT molecular complexity index is 926. The van der Waals surface area contributed by atoms with E-state index >= 15 is 0 Å². The number of ether oxygens (including phenoxy) is 1. The van der Waals surface area contributed by atoms with Gasteiger partial charge in [0.25, 0.3) is 17.7 Å². The highest BCUT2D eigenvalue weighted by atomic mass is 16.5. The number of imide groups is 1. The van der Waals surface area contributed by atoms with Crippen LogP contribution in [0.1, 0.15) is 20.7 Å². The van der Waals surface area contributed by atoms with Crippen molar-refractivity contribution in [3.63, 3.8) is 0 Å². The first kappa shape index (κ1) is 19.1. The molecule has 2 aromatic carbocycles. The molecular weight excluding hydrogens is 374 g/mol. The Labute approximate surface area is 167 Å². The zero-order valence-electron chi connectivity index (χ0n) is 15.7. The third-order valence-electron chi connectivity index (χ3n) is 4.98. The first-order valence-corrected chi connectivity index (χ1v) is 9.40. The van der Waals surface area contributed by atoms with Crippen LogP contribution in [0.3, 0.4) is 0 Å². The number of para-hydroxylation sites is 2. The van der Waals surface area contributed by atoms with Gasteiger partial charge in [0, 0.05) is 13.1 Å². The molecule has 1 saturated heterocycles. The summed E-state index contributed by atoms with van der Waals surface area (Å²) in [5, 5.41) is 13.6. The predicted molar refractivity (Wildman–Crippen MR) is 106 cm³/mol. The van der Waals surface area contributed by atoms with Crippen LogP contribution in [-0.2, 0) is 9.53 Å². The van der Waals surface area contributed by atoms with Gasteiger partial charge in [-0.1, -0.05) is 24.3 Å². The Morgan fingerprint density at radius 3 is 2.34 bits per heavy atom. The Morgan fingerprint density at radius 2 is 1.66 bits per heavy atom. The van der Waals surface area contributed by atoms with E-state index in [1.165, 1.54) is 0 Å². The first-order valence-electron chi connectivity index (χ1n) is 9.40. The fraction of sp³-hybridized carbons (Fsp3) is 0.286. The number of nitrogens with zero attached hydrogens (tertiary/aromatic N) is 2. The molecule has 2 aliphatic heterocycles. The van der Waals surface area contributed by atoms with Gasteiger partial charge in [0.15, 0.2) is 0 Å². The second-order valence-corrected chi connectivity index (χ2v) is 6.92. The van der Waals surface area contributed by atoms with E-state index in [4.69, 9.17) is 4.74 Å². The number of β-amino-alcohol motifs (C(OH)–C–C–N with tert-alkyl or cyclic N) is 1. The first-order chi connectivity index (χ1) is 14.1. The fourth-order valence-corrected chi connectivity index (χ4v) is 3.54. The number of hydrogen-bond acceptors (Lipinski definition) is 6. The molecule has 2 aliphatic rings. The molecule has 8 heteroatoms. The Kier molecular flexibility index (Phi) is 5.28. The average Bonchev–Trinajstić information content (AvgIpc) is 2.98. The van der Waals surface area contributed by atoms with Gasteiger partial charge in [0.2, 0.25) is 0 Å². The maximum absolute atomic E-state index is 12.4. The number of carbonyl (C=O) groups is 3. The van der Waals surface area contributed by atoms with Crippen molar-refractivity contribution in [3.8, 4) is 0 Å². The molecule has 0 radical (unpaired) electrons. The molecule has 1 fully saturated rings. The van der Waals surface area contributed by atoms with Crippen LogP contribution < -0.4 is 10.2 Å². The molecule has 2 heterocycles. The molecule has 8 nitrogen and oxygen atoms in total. The van der Waals surface area contributed by atoms with Crippen LogP contribution in [0.4, 0.5) is 11.4 Å². The zero-order chi connectivity index (χ0) is 20.4. The number of anilines is 2. The summed E-state index contributed by atoms with van der Waals surface area (Å²) >= 11 is 0. The van der Waals surface area contributed by atoms with Crippen molar-refractivity contribution in [1.29, 1.82) is 0 Å². The molecule has 3 amide bonds. The molecule has 29 heavy (non-hydrogen) atoms. The number of carbonyl (C=O) groups excluding carboxylic acids is 3. The molecule has 1 atom stereocenters. The number of aliphatic hydroxyl groups is 1. The minimum Gasteiger partial charge on any atom is -0.389 e. The molecule has 0 bridgehead atoms. The van der Waals surface area contributed by atoms with Crippen LogP contribution in [0, 0.1) is 0 Å². The summed E-state index contributed by atoms with van der Waals surface area (Å²) in [4.78, 5) is 39.7. The Balaban J connectivity index is 1.41. The number of nitrogens with one attached hydrogen (secondary N) is 1. The number of morpholine rings is 1. The van der Waals surface area contributed by atoms with Gasteiger partial charge < -0.3 is 20.1 Å². The maximum atomic E-state index is 12.4. The highest BCUT2D eigenvalue weighted by molar-refractivity contribution is 6.21. The molecular formula is C21H21N3O5. The topological polar surface area (TPSA) is 99.2 Å². The van der Waals surface area contributed by atoms with E-state index in [-0.39, 0.29) is 25.6 Å². The minimum absolute atomic E-state index is 0.0384. The van der Waals surface area contributed by atoms with Crippen LogP contribution in [-0.4, -0.2) is 66.7 Å². The van der Waals surface area contributed by atoms with Crippen LogP contribution in [0.5, 0.6) is 0 Å². The van der Waals surface area contributed by atoms with Crippen molar-refractivity contribution in [2.45, 2.75) is 6.10 Å². The summed E-state index contributed by atoms with van der Waals surface area (Å²) in [5.74, 6) is -0.926. The summed E-state index contributed by atoms with van der Waals surface area (Å²) in [6, 6.07) is 13.9. The van der Waals surface area contributed by atoms with Crippen LogP contribution in [0.2, 0.25) is 0 Å². The highest BCUT2D eigenvalue weighted by Gasteiger charge is 2.36. The van der Waals surface area contributed by atoms with E-state index in [0.29, 0.717) is 35.7 Å².